The molecule has 3 nitrogen and oxygen atoms in total. The van der Waals surface area contributed by atoms with Gasteiger partial charge < -0.3 is 4.74 Å². The van der Waals surface area contributed by atoms with Crippen molar-refractivity contribution in [1.29, 1.82) is 0 Å². The molecule has 0 heterocycles. The van der Waals surface area contributed by atoms with Crippen molar-refractivity contribution < 1.29 is 9.53 Å². The average molecular weight is 277 g/mol. The van der Waals surface area contributed by atoms with E-state index in [0.29, 0.717) is 19.2 Å². The molecule has 0 saturated heterocycles. The molecule has 0 saturated carbocycles. The van der Waals surface area contributed by atoms with E-state index in [2.05, 4.69) is 18.7 Å². The molecule has 0 aliphatic heterocycles. The number of rotatable bonds is 9. The second kappa shape index (κ2) is 8.88. The largest absolute Gasteiger partial charge is 0.383 e. The lowest BCUT2D eigenvalue weighted by molar-refractivity contribution is 0.0811. The second-order valence-electron chi connectivity index (χ2n) is 5.23. The van der Waals surface area contributed by atoms with Crippen molar-refractivity contribution in [2.75, 3.05) is 26.8 Å². The third-order valence-corrected chi connectivity index (χ3v) is 3.73. The van der Waals surface area contributed by atoms with Crippen molar-refractivity contribution in [3.63, 3.8) is 0 Å². The predicted octanol–water partition coefficient (Wildman–Crippen LogP) is 3.31. The van der Waals surface area contributed by atoms with Crippen LogP contribution in [-0.2, 0) is 4.74 Å². The number of ether oxygens (including phenoxy) is 1. The van der Waals surface area contributed by atoms with Gasteiger partial charge in [0.05, 0.1) is 13.2 Å². The number of nitrogens with zero attached hydrogens (tertiary/aromatic N) is 1. The Hall–Kier alpha value is -1.19. The van der Waals surface area contributed by atoms with Gasteiger partial charge >= 0.3 is 0 Å². The van der Waals surface area contributed by atoms with E-state index in [9.17, 15) is 4.79 Å². The molecule has 0 radical (unpaired) electrons. The first-order valence-electron chi connectivity index (χ1n) is 7.45. The van der Waals surface area contributed by atoms with Gasteiger partial charge in [0.2, 0.25) is 0 Å². The summed E-state index contributed by atoms with van der Waals surface area (Å²) in [7, 11) is 1.70. The van der Waals surface area contributed by atoms with Crippen LogP contribution in [0.2, 0.25) is 0 Å². The molecule has 0 unspecified atom stereocenters. The molecule has 0 aliphatic rings. The Morgan fingerprint density at radius 1 is 1.30 bits per heavy atom. The van der Waals surface area contributed by atoms with Gasteiger partial charge in [0, 0.05) is 25.3 Å². The lowest BCUT2D eigenvalue weighted by atomic mass is 10.1. The van der Waals surface area contributed by atoms with Crippen LogP contribution in [0.15, 0.2) is 24.3 Å². The first-order valence-corrected chi connectivity index (χ1v) is 7.45. The van der Waals surface area contributed by atoms with E-state index < -0.39 is 0 Å². The number of Topliss-reactive ketones (excluding diaryl/α,β-unsaturated/α-hetero) is 1. The van der Waals surface area contributed by atoms with Crippen molar-refractivity contribution in [2.24, 2.45) is 0 Å². The van der Waals surface area contributed by atoms with Crippen molar-refractivity contribution in [1.82, 2.24) is 4.90 Å². The fourth-order valence-electron chi connectivity index (χ4n) is 2.50. The van der Waals surface area contributed by atoms with Gasteiger partial charge in [0.25, 0.3) is 0 Å². The maximum Gasteiger partial charge on any atom is 0.176 e. The van der Waals surface area contributed by atoms with Gasteiger partial charge in [-0.05, 0) is 25.8 Å². The zero-order valence-corrected chi connectivity index (χ0v) is 13.2. The Kier molecular flexibility index (Phi) is 7.48. The van der Waals surface area contributed by atoms with Crippen LogP contribution in [0.3, 0.4) is 0 Å². The third kappa shape index (κ3) is 5.06. The summed E-state index contributed by atoms with van der Waals surface area (Å²) >= 11 is 0. The summed E-state index contributed by atoms with van der Waals surface area (Å²) in [6.07, 6.45) is 2.11. The van der Waals surface area contributed by atoms with Crippen molar-refractivity contribution >= 4 is 5.78 Å². The molecule has 1 rings (SSSR count). The molecule has 0 atom stereocenters. The highest BCUT2D eigenvalue weighted by Gasteiger charge is 2.18. The highest BCUT2D eigenvalue weighted by atomic mass is 16.5. The lowest BCUT2D eigenvalue weighted by Crippen LogP contribution is -2.40. The summed E-state index contributed by atoms with van der Waals surface area (Å²) in [5.74, 6) is 0.191. The Balaban J connectivity index is 2.75. The fourth-order valence-corrected chi connectivity index (χ4v) is 2.50. The zero-order chi connectivity index (χ0) is 15.0. The summed E-state index contributed by atoms with van der Waals surface area (Å²) in [5, 5.41) is 0. The standard InChI is InChI=1S/C17H27NO2/c1-5-16(6-2)18(10-11-20-4)13-17(19)15-9-7-8-14(3)12-15/h7-9,12,16H,5-6,10-11,13H2,1-4H3. The molecule has 20 heavy (non-hydrogen) atoms. The van der Waals surface area contributed by atoms with Gasteiger partial charge in [-0.1, -0.05) is 37.6 Å². The third-order valence-electron chi connectivity index (χ3n) is 3.73. The molecule has 0 N–H and O–H groups in total. The maximum absolute atomic E-state index is 12.4. The summed E-state index contributed by atoms with van der Waals surface area (Å²) in [6, 6.07) is 8.26. The number of aryl methyl sites for hydroxylation is 1. The minimum Gasteiger partial charge on any atom is -0.383 e. The number of carbonyl (C=O) groups excluding carboxylic acids is 1. The lowest BCUT2D eigenvalue weighted by Gasteiger charge is -2.29. The fraction of sp³-hybridized carbons (Fsp3) is 0.588. The Labute approximate surface area is 122 Å². The molecule has 0 aromatic heterocycles. The van der Waals surface area contributed by atoms with Crippen LogP contribution in [0.4, 0.5) is 0 Å². The second-order valence-corrected chi connectivity index (χ2v) is 5.23. The SMILES string of the molecule is CCC(CC)N(CCOC)CC(=O)c1cccc(C)c1. The van der Waals surface area contributed by atoms with E-state index in [0.717, 1.165) is 30.5 Å². The molecule has 0 amide bonds. The van der Waals surface area contributed by atoms with E-state index in [1.54, 1.807) is 7.11 Å². The molecule has 0 bridgehead atoms. The summed E-state index contributed by atoms with van der Waals surface area (Å²) in [6.45, 7) is 8.30. The number of benzene rings is 1. The van der Waals surface area contributed by atoms with Crippen LogP contribution in [0.25, 0.3) is 0 Å². The van der Waals surface area contributed by atoms with Gasteiger partial charge in [-0.25, -0.2) is 0 Å². The summed E-state index contributed by atoms with van der Waals surface area (Å²) in [5.41, 5.74) is 1.93. The van der Waals surface area contributed by atoms with Crippen LogP contribution in [0.5, 0.6) is 0 Å². The number of carbonyl (C=O) groups is 1. The smallest absolute Gasteiger partial charge is 0.176 e. The average Bonchev–Trinajstić information content (AvgIpc) is 2.45. The number of hydrogen-bond acceptors (Lipinski definition) is 3. The summed E-state index contributed by atoms with van der Waals surface area (Å²) < 4.78 is 5.16. The van der Waals surface area contributed by atoms with Crippen molar-refractivity contribution in [2.45, 2.75) is 39.7 Å². The van der Waals surface area contributed by atoms with Crippen LogP contribution in [-0.4, -0.2) is 43.5 Å². The first kappa shape index (κ1) is 16.9. The van der Waals surface area contributed by atoms with Gasteiger partial charge in [-0.15, -0.1) is 0 Å². The number of methoxy groups -OCH3 is 1. The molecule has 0 fully saturated rings. The highest BCUT2D eigenvalue weighted by Crippen LogP contribution is 2.11. The minimum absolute atomic E-state index is 0.191. The molecule has 112 valence electrons. The molecule has 0 aliphatic carbocycles. The molecular formula is C17H27NO2. The van der Waals surface area contributed by atoms with E-state index >= 15 is 0 Å². The van der Waals surface area contributed by atoms with Gasteiger partial charge in [-0.2, -0.15) is 0 Å². The number of hydrogen-bond donors (Lipinski definition) is 0. The van der Waals surface area contributed by atoms with Crippen LogP contribution >= 0.6 is 0 Å². The maximum atomic E-state index is 12.4. The van der Waals surface area contributed by atoms with E-state index in [4.69, 9.17) is 4.74 Å². The normalized spacial score (nSPS) is 11.3. The van der Waals surface area contributed by atoms with Crippen molar-refractivity contribution in [3.05, 3.63) is 35.4 Å². The van der Waals surface area contributed by atoms with Crippen LogP contribution in [0.1, 0.15) is 42.6 Å². The first-order chi connectivity index (χ1) is 9.62. The van der Waals surface area contributed by atoms with E-state index in [1.165, 1.54) is 0 Å². The van der Waals surface area contributed by atoms with Crippen LogP contribution in [0, 0.1) is 6.92 Å². The molecule has 1 aromatic carbocycles. The van der Waals surface area contributed by atoms with Gasteiger partial charge in [-0.3, -0.25) is 9.69 Å². The van der Waals surface area contributed by atoms with Crippen molar-refractivity contribution in [3.8, 4) is 0 Å². The summed E-state index contributed by atoms with van der Waals surface area (Å²) in [4.78, 5) is 14.7. The Morgan fingerprint density at radius 2 is 2.00 bits per heavy atom. The minimum atomic E-state index is 0.191. The molecule has 0 spiro atoms. The van der Waals surface area contributed by atoms with Gasteiger partial charge in [0.15, 0.2) is 5.78 Å². The van der Waals surface area contributed by atoms with Crippen LogP contribution < -0.4 is 0 Å². The zero-order valence-electron chi connectivity index (χ0n) is 13.2. The Morgan fingerprint density at radius 3 is 2.55 bits per heavy atom. The molecule has 1 aromatic rings. The monoisotopic (exact) mass is 277 g/mol. The topological polar surface area (TPSA) is 29.5 Å². The predicted molar refractivity (Wildman–Crippen MR) is 83.3 cm³/mol. The highest BCUT2D eigenvalue weighted by molar-refractivity contribution is 5.97. The van der Waals surface area contributed by atoms with E-state index in [1.807, 2.05) is 31.2 Å². The number of ketones is 1. The molecular weight excluding hydrogens is 250 g/mol. The van der Waals surface area contributed by atoms with E-state index in [-0.39, 0.29) is 5.78 Å². The Bertz CT molecular complexity index is 413. The quantitative estimate of drug-likeness (QED) is 0.649. The molecule has 3 heteroatoms. The van der Waals surface area contributed by atoms with Gasteiger partial charge in [0.1, 0.15) is 0 Å².